The molecule has 28 heavy (non-hydrogen) atoms. The number of rotatable bonds is 3. The Balaban J connectivity index is 1.26. The summed E-state index contributed by atoms with van der Waals surface area (Å²) in [5, 5.41) is 4.12. The standard InChI is InChI=1S/C20H21N7O/c28-20(26-10-7-15-3-1-2-4-17(15)26)16-5-8-25(9-6-16)18-11-19(23-13-22-18)27-14-21-12-24-27/h1-4,11-14,16H,5-10H2. The second-order valence-corrected chi connectivity index (χ2v) is 7.20. The summed E-state index contributed by atoms with van der Waals surface area (Å²) in [6.07, 6.45) is 7.26. The van der Waals surface area contributed by atoms with Gasteiger partial charge in [0, 0.05) is 37.3 Å². The van der Waals surface area contributed by atoms with Gasteiger partial charge in [-0.15, -0.1) is 0 Å². The normalized spacial score (nSPS) is 17.0. The van der Waals surface area contributed by atoms with Gasteiger partial charge in [0.2, 0.25) is 5.91 Å². The minimum absolute atomic E-state index is 0.0685. The average Bonchev–Trinajstić information content (AvgIpc) is 3.44. The summed E-state index contributed by atoms with van der Waals surface area (Å²) in [7, 11) is 0. The first-order valence-corrected chi connectivity index (χ1v) is 9.61. The number of aromatic nitrogens is 5. The van der Waals surface area contributed by atoms with Gasteiger partial charge in [-0.25, -0.2) is 19.6 Å². The number of hydrogen-bond donors (Lipinski definition) is 0. The summed E-state index contributed by atoms with van der Waals surface area (Å²) in [5.74, 6) is 1.88. The molecule has 2 aromatic heterocycles. The van der Waals surface area contributed by atoms with Crippen LogP contribution in [-0.4, -0.2) is 50.3 Å². The maximum absolute atomic E-state index is 13.1. The SMILES string of the molecule is O=C(C1CCN(c2cc(-n3cncn3)ncn2)CC1)N1CCc2ccccc21. The molecule has 0 atom stereocenters. The van der Waals surface area contributed by atoms with Gasteiger partial charge < -0.3 is 9.80 Å². The lowest BCUT2D eigenvalue weighted by Gasteiger charge is -2.34. The molecule has 0 unspecified atom stereocenters. The molecule has 0 aliphatic carbocycles. The average molecular weight is 375 g/mol. The molecule has 1 saturated heterocycles. The van der Waals surface area contributed by atoms with Gasteiger partial charge >= 0.3 is 0 Å². The van der Waals surface area contributed by atoms with Crippen molar-refractivity contribution in [3.05, 3.63) is 54.9 Å². The van der Waals surface area contributed by atoms with Gasteiger partial charge in [0.25, 0.3) is 0 Å². The van der Waals surface area contributed by atoms with E-state index in [0.717, 1.165) is 50.4 Å². The third-order valence-electron chi connectivity index (χ3n) is 5.61. The number of piperidine rings is 1. The number of anilines is 2. The number of carbonyl (C=O) groups excluding carboxylic acids is 1. The summed E-state index contributed by atoms with van der Waals surface area (Å²) < 4.78 is 1.62. The predicted octanol–water partition coefficient (Wildman–Crippen LogP) is 1.86. The molecule has 1 amide bonds. The molecule has 0 bridgehead atoms. The number of amides is 1. The first kappa shape index (κ1) is 16.9. The van der Waals surface area contributed by atoms with Crippen LogP contribution in [0.15, 0.2) is 49.3 Å². The van der Waals surface area contributed by atoms with Crippen LogP contribution in [0, 0.1) is 5.92 Å². The highest BCUT2D eigenvalue weighted by atomic mass is 16.2. The first-order valence-electron chi connectivity index (χ1n) is 9.61. The second kappa shape index (κ2) is 7.03. The van der Waals surface area contributed by atoms with Gasteiger partial charge in [-0.3, -0.25) is 4.79 Å². The molecule has 8 nitrogen and oxygen atoms in total. The van der Waals surface area contributed by atoms with Crippen molar-refractivity contribution in [2.75, 3.05) is 29.4 Å². The Kier molecular flexibility index (Phi) is 4.23. The third-order valence-corrected chi connectivity index (χ3v) is 5.61. The van der Waals surface area contributed by atoms with Crippen LogP contribution in [0.2, 0.25) is 0 Å². The van der Waals surface area contributed by atoms with Crippen molar-refractivity contribution in [1.82, 2.24) is 24.7 Å². The molecule has 0 radical (unpaired) electrons. The summed E-state index contributed by atoms with van der Waals surface area (Å²) in [6, 6.07) is 10.1. The fourth-order valence-corrected chi connectivity index (χ4v) is 4.11. The van der Waals surface area contributed by atoms with Crippen molar-refractivity contribution >= 4 is 17.4 Å². The second-order valence-electron chi connectivity index (χ2n) is 7.20. The van der Waals surface area contributed by atoms with Crippen molar-refractivity contribution in [1.29, 1.82) is 0 Å². The van der Waals surface area contributed by atoms with E-state index in [9.17, 15) is 4.79 Å². The van der Waals surface area contributed by atoms with Crippen molar-refractivity contribution in [2.45, 2.75) is 19.3 Å². The molecule has 8 heteroatoms. The van der Waals surface area contributed by atoms with Crippen LogP contribution in [0.4, 0.5) is 11.5 Å². The Labute approximate surface area is 162 Å². The van der Waals surface area contributed by atoms with E-state index < -0.39 is 0 Å². The van der Waals surface area contributed by atoms with Crippen LogP contribution in [0.3, 0.4) is 0 Å². The van der Waals surface area contributed by atoms with E-state index >= 15 is 0 Å². The Morgan fingerprint density at radius 1 is 1.00 bits per heavy atom. The van der Waals surface area contributed by atoms with Crippen molar-refractivity contribution in [3.63, 3.8) is 0 Å². The molecule has 142 valence electrons. The van der Waals surface area contributed by atoms with Crippen LogP contribution in [0.1, 0.15) is 18.4 Å². The number of hydrogen-bond acceptors (Lipinski definition) is 6. The highest BCUT2D eigenvalue weighted by Crippen LogP contribution is 2.31. The molecule has 4 heterocycles. The van der Waals surface area contributed by atoms with Gasteiger partial charge in [0.15, 0.2) is 5.82 Å². The van der Waals surface area contributed by atoms with Crippen LogP contribution >= 0.6 is 0 Å². The van der Waals surface area contributed by atoms with Crippen LogP contribution < -0.4 is 9.80 Å². The zero-order valence-corrected chi connectivity index (χ0v) is 15.5. The van der Waals surface area contributed by atoms with E-state index in [2.05, 4.69) is 37.1 Å². The highest BCUT2D eigenvalue weighted by molar-refractivity contribution is 5.97. The summed E-state index contributed by atoms with van der Waals surface area (Å²) >= 11 is 0. The molecule has 0 N–H and O–H groups in total. The van der Waals surface area contributed by atoms with E-state index in [1.165, 1.54) is 11.9 Å². The lowest BCUT2D eigenvalue weighted by Crippen LogP contribution is -2.42. The fourth-order valence-electron chi connectivity index (χ4n) is 4.11. The van der Waals surface area contributed by atoms with Gasteiger partial charge in [0.1, 0.15) is 24.8 Å². The molecule has 3 aromatic rings. The number of para-hydroxylation sites is 1. The van der Waals surface area contributed by atoms with E-state index in [-0.39, 0.29) is 11.8 Å². The molecule has 1 aromatic carbocycles. The quantitative estimate of drug-likeness (QED) is 0.695. The van der Waals surface area contributed by atoms with E-state index in [1.807, 2.05) is 23.1 Å². The van der Waals surface area contributed by atoms with E-state index in [0.29, 0.717) is 5.82 Å². The van der Waals surface area contributed by atoms with E-state index in [4.69, 9.17) is 0 Å². The maximum atomic E-state index is 13.1. The molecule has 0 saturated carbocycles. The lowest BCUT2D eigenvalue weighted by molar-refractivity contribution is -0.122. The molecule has 0 spiro atoms. The monoisotopic (exact) mass is 375 g/mol. The molecule has 5 rings (SSSR count). The molecular weight excluding hydrogens is 354 g/mol. The number of benzene rings is 1. The van der Waals surface area contributed by atoms with Crippen molar-refractivity contribution in [3.8, 4) is 5.82 Å². The third kappa shape index (κ3) is 3.00. The minimum atomic E-state index is 0.0685. The van der Waals surface area contributed by atoms with E-state index in [1.54, 1.807) is 17.3 Å². The Hall–Kier alpha value is -3.29. The fraction of sp³-hybridized carbons (Fsp3) is 0.350. The summed E-state index contributed by atoms with van der Waals surface area (Å²) in [6.45, 7) is 2.41. The van der Waals surface area contributed by atoms with Gasteiger partial charge in [-0.1, -0.05) is 18.2 Å². The Bertz CT molecular complexity index is 980. The van der Waals surface area contributed by atoms with Crippen LogP contribution in [-0.2, 0) is 11.2 Å². The zero-order valence-electron chi connectivity index (χ0n) is 15.5. The van der Waals surface area contributed by atoms with Gasteiger partial charge in [-0.2, -0.15) is 5.10 Å². The largest absolute Gasteiger partial charge is 0.356 e. The van der Waals surface area contributed by atoms with Crippen LogP contribution in [0.25, 0.3) is 5.82 Å². The van der Waals surface area contributed by atoms with Gasteiger partial charge in [-0.05, 0) is 30.9 Å². The molecule has 2 aliphatic heterocycles. The predicted molar refractivity (Wildman–Crippen MR) is 104 cm³/mol. The Morgan fingerprint density at radius 2 is 1.82 bits per heavy atom. The molecular formula is C20H21N7O. The van der Waals surface area contributed by atoms with Crippen molar-refractivity contribution < 1.29 is 4.79 Å². The number of nitrogens with zero attached hydrogens (tertiary/aromatic N) is 7. The maximum Gasteiger partial charge on any atom is 0.230 e. The summed E-state index contributed by atoms with van der Waals surface area (Å²) in [5.41, 5.74) is 2.36. The van der Waals surface area contributed by atoms with Crippen molar-refractivity contribution in [2.24, 2.45) is 5.92 Å². The summed E-state index contributed by atoms with van der Waals surface area (Å²) in [4.78, 5) is 29.9. The molecule has 1 fully saturated rings. The minimum Gasteiger partial charge on any atom is -0.356 e. The first-order chi connectivity index (χ1) is 13.8. The molecule has 2 aliphatic rings. The topological polar surface area (TPSA) is 80.0 Å². The zero-order chi connectivity index (χ0) is 18.9. The van der Waals surface area contributed by atoms with Gasteiger partial charge in [0.05, 0.1) is 0 Å². The highest BCUT2D eigenvalue weighted by Gasteiger charge is 2.32. The number of fused-ring (bicyclic) bond motifs is 1. The lowest BCUT2D eigenvalue weighted by atomic mass is 9.95. The Morgan fingerprint density at radius 3 is 2.64 bits per heavy atom. The number of carbonyl (C=O) groups is 1. The smallest absolute Gasteiger partial charge is 0.230 e. The van der Waals surface area contributed by atoms with Crippen LogP contribution in [0.5, 0.6) is 0 Å².